The first-order valence-corrected chi connectivity index (χ1v) is 6.37. The summed E-state index contributed by atoms with van der Waals surface area (Å²) in [6.07, 6.45) is 1.81. The molecule has 2 rings (SSSR count). The Kier molecular flexibility index (Phi) is 4.20. The van der Waals surface area contributed by atoms with Crippen molar-refractivity contribution in [3.8, 4) is 5.75 Å². The topological polar surface area (TPSA) is 50.4 Å². The predicted molar refractivity (Wildman–Crippen MR) is 72.0 cm³/mol. The van der Waals surface area contributed by atoms with E-state index in [9.17, 15) is 4.79 Å². The van der Waals surface area contributed by atoms with Crippen molar-refractivity contribution in [1.82, 2.24) is 5.32 Å². The van der Waals surface area contributed by atoms with Gasteiger partial charge in [0.2, 0.25) is 5.91 Å². The number of nitrogens with one attached hydrogen (secondary N) is 2. The molecule has 4 heteroatoms. The van der Waals surface area contributed by atoms with Gasteiger partial charge in [-0.1, -0.05) is 6.07 Å². The van der Waals surface area contributed by atoms with Crippen LogP contribution in [-0.2, 0) is 4.79 Å². The van der Waals surface area contributed by atoms with Crippen molar-refractivity contribution in [1.29, 1.82) is 0 Å². The van der Waals surface area contributed by atoms with E-state index in [0.29, 0.717) is 5.75 Å². The molecule has 0 aliphatic carbocycles. The molecule has 1 aromatic rings. The van der Waals surface area contributed by atoms with Crippen molar-refractivity contribution in [3.63, 3.8) is 0 Å². The van der Waals surface area contributed by atoms with Crippen LogP contribution in [0.25, 0.3) is 0 Å². The number of rotatable bonds is 3. The van der Waals surface area contributed by atoms with Crippen LogP contribution in [0.3, 0.4) is 0 Å². The van der Waals surface area contributed by atoms with Crippen molar-refractivity contribution in [2.45, 2.75) is 19.8 Å². The third-order valence-electron chi connectivity index (χ3n) is 3.32. The van der Waals surface area contributed by atoms with Crippen LogP contribution in [0.2, 0.25) is 0 Å². The van der Waals surface area contributed by atoms with Crippen molar-refractivity contribution in [2.75, 3.05) is 25.5 Å². The zero-order valence-electron chi connectivity index (χ0n) is 11.0. The maximum atomic E-state index is 12.2. The Bertz CT molecular complexity index is 426. The molecule has 0 atom stereocenters. The molecule has 1 heterocycles. The number of anilines is 1. The molecule has 1 saturated heterocycles. The minimum Gasteiger partial charge on any atom is -0.495 e. The fourth-order valence-corrected chi connectivity index (χ4v) is 2.24. The molecule has 1 fully saturated rings. The predicted octanol–water partition coefficient (Wildman–Crippen LogP) is 1.94. The number of benzene rings is 1. The lowest BCUT2D eigenvalue weighted by molar-refractivity contribution is -0.120. The highest BCUT2D eigenvalue weighted by molar-refractivity contribution is 5.94. The van der Waals surface area contributed by atoms with Crippen LogP contribution in [0.4, 0.5) is 5.69 Å². The normalized spacial score (nSPS) is 16.3. The van der Waals surface area contributed by atoms with Gasteiger partial charge in [-0.15, -0.1) is 0 Å². The lowest BCUT2D eigenvalue weighted by Gasteiger charge is -2.22. The van der Waals surface area contributed by atoms with Crippen LogP contribution in [0.5, 0.6) is 5.75 Å². The van der Waals surface area contributed by atoms with Crippen LogP contribution in [-0.4, -0.2) is 26.1 Å². The number of methoxy groups -OCH3 is 1. The molecule has 1 aliphatic heterocycles. The first-order chi connectivity index (χ1) is 8.70. The molecule has 0 radical (unpaired) electrons. The standard InChI is InChI=1S/C14H20N2O2/c1-10-3-4-13(18-2)12(9-10)16-14(17)11-5-7-15-8-6-11/h3-4,9,11,15H,5-8H2,1-2H3,(H,16,17). The fourth-order valence-electron chi connectivity index (χ4n) is 2.24. The number of carbonyl (C=O) groups is 1. The molecule has 18 heavy (non-hydrogen) atoms. The second-order valence-corrected chi connectivity index (χ2v) is 4.72. The molecular formula is C14H20N2O2. The fraction of sp³-hybridized carbons (Fsp3) is 0.500. The SMILES string of the molecule is COc1ccc(C)cc1NC(=O)C1CCNCC1. The first kappa shape index (κ1) is 12.9. The number of piperidine rings is 1. The molecule has 4 nitrogen and oxygen atoms in total. The van der Waals surface area contributed by atoms with E-state index >= 15 is 0 Å². The molecule has 98 valence electrons. The zero-order valence-corrected chi connectivity index (χ0v) is 11.0. The smallest absolute Gasteiger partial charge is 0.227 e. The summed E-state index contributed by atoms with van der Waals surface area (Å²) >= 11 is 0. The quantitative estimate of drug-likeness (QED) is 0.859. The van der Waals surface area contributed by atoms with E-state index in [2.05, 4.69) is 10.6 Å². The van der Waals surface area contributed by atoms with Gasteiger partial charge in [-0.05, 0) is 50.6 Å². The number of aryl methyl sites for hydroxylation is 1. The number of carbonyl (C=O) groups excluding carboxylic acids is 1. The second-order valence-electron chi connectivity index (χ2n) is 4.72. The summed E-state index contributed by atoms with van der Waals surface area (Å²) in [6.45, 7) is 3.84. The van der Waals surface area contributed by atoms with E-state index in [1.165, 1.54) is 0 Å². The van der Waals surface area contributed by atoms with E-state index < -0.39 is 0 Å². The number of hydrogen-bond acceptors (Lipinski definition) is 3. The maximum Gasteiger partial charge on any atom is 0.227 e. The molecule has 0 bridgehead atoms. The van der Waals surface area contributed by atoms with Crippen molar-refractivity contribution >= 4 is 11.6 Å². The number of hydrogen-bond donors (Lipinski definition) is 2. The Hall–Kier alpha value is -1.55. The highest BCUT2D eigenvalue weighted by Gasteiger charge is 2.21. The Balaban J connectivity index is 2.07. The summed E-state index contributed by atoms with van der Waals surface area (Å²) in [5.41, 5.74) is 1.87. The largest absolute Gasteiger partial charge is 0.495 e. The third kappa shape index (κ3) is 3.01. The van der Waals surface area contributed by atoms with Gasteiger partial charge in [-0.3, -0.25) is 4.79 Å². The Morgan fingerprint density at radius 1 is 1.39 bits per heavy atom. The molecule has 1 aromatic carbocycles. The van der Waals surface area contributed by atoms with Crippen molar-refractivity contribution < 1.29 is 9.53 Å². The van der Waals surface area contributed by atoms with Crippen LogP contribution in [0, 0.1) is 12.8 Å². The molecule has 0 unspecified atom stereocenters. The van der Waals surface area contributed by atoms with Crippen LogP contribution in [0.1, 0.15) is 18.4 Å². The lowest BCUT2D eigenvalue weighted by Crippen LogP contribution is -2.34. The van der Waals surface area contributed by atoms with E-state index in [1.807, 2.05) is 25.1 Å². The summed E-state index contributed by atoms with van der Waals surface area (Å²) < 4.78 is 5.26. The third-order valence-corrected chi connectivity index (χ3v) is 3.32. The molecule has 1 amide bonds. The highest BCUT2D eigenvalue weighted by atomic mass is 16.5. The lowest BCUT2D eigenvalue weighted by atomic mass is 9.97. The van der Waals surface area contributed by atoms with E-state index in [-0.39, 0.29) is 11.8 Å². The summed E-state index contributed by atoms with van der Waals surface area (Å²) in [7, 11) is 1.62. The van der Waals surface area contributed by atoms with Gasteiger partial charge in [0.05, 0.1) is 12.8 Å². The Morgan fingerprint density at radius 3 is 2.78 bits per heavy atom. The van der Waals surface area contributed by atoms with Gasteiger partial charge in [-0.2, -0.15) is 0 Å². The van der Waals surface area contributed by atoms with Gasteiger partial charge >= 0.3 is 0 Å². The van der Waals surface area contributed by atoms with Crippen LogP contribution < -0.4 is 15.4 Å². The first-order valence-electron chi connectivity index (χ1n) is 6.37. The van der Waals surface area contributed by atoms with Gasteiger partial charge in [-0.25, -0.2) is 0 Å². The average molecular weight is 248 g/mol. The summed E-state index contributed by atoms with van der Waals surface area (Å²) in [4.78, 5) is 12.2. The molecule has 0 saturated carbocycles. The molecule has 2 N–H and O–H groups in total. The zero-order chi connectivity index (χ0) is 13.0. The number of ether oxygens (including phenoxy) is 1. The molecule has 0 spiro atoms. The summed E-state index contributed by atoms with van der Waals surface area (Å²) in [6, 6.07) is 5.80. The second kappa shape index (κ2) is 5.87. The minimum absolute atomic E-state index is 0.0976. The molecule has 1 aliphatic rings. The Morgan fingerprint density at radius 2 is 2.11 bits per heavy atom. The van der Waals surface area contributed by atoms with E-state index in [4.69, 9.17) is 4.74 Å². The maximum absolute atomic E-state index is 12.2. The van der Waals surface area contributed by atoms with Gasteiger partial charge in [0.15, 0.2) is 0 Å². The van der Waals surface area contributed by atoms with E-state index in [1.54, 1.807) is 7.11 Å². The van der Waals surface area contributed by atoms with Gasteiger partial charge < -0.3 is 15.4 Å². The van der Waals surface area contributed by atoms with Crippen LogP contribution in [0.15, 0.2) is 18.2 Å². The van der Waals surface area contributed by atoms with Crippen LogP contribution >= 0.6 is 0 Å². The monoisotopic (exact) mass is 248 g/mol. The molecule has 0 aromatic heterocycles. The molecular weight excluding hydrogens is 228 g/mol. The average Bonchev–Trinajstić information content (AvgIpc) is 2.40. The van der Waals surface area contributed by atoms with Gasteiger partial charge in [0, 0.05) is 5.92 Å². The summed E-state index contributed by atoms with van der Waals surface area (Å²) in [5.74, 6) is 0.916. The highest BCUT2D eigenvalue weighted by Crippen LogP contribution is 2.26. The minimum atomic E-state index is 0.0976. The van der Waals surface area contributed by atoms with Gasteiger partial charge in [0.25, 0.3) is 0 Å². The van der Waals surface area contributed by atoms with Gasteiger partial charge in [0.1, 0.15) is 5.75 Å². The summed E-state index contributed by atoms with van der Waals surface area (Å²) in [5, 5.41) is 6.24. The van der Waals surface area contributed by atoms with E-state index in [0.717, 1.165) is 37.2 Å². The number of amides is 1. The van der Waals surface area contributed by atoms with Crippen molar-refractivity contribution in [3.05, 3.63) is 23.8 Å². The van der Waals surface area contributed by atoms with Crippen molar-refractivity contribution in [2.24, 2.45) is 5.92 Å². The Labute approximate surface area is 108 Å².